The smallest absolute Gasteiger partial charge is 0.364 e. The average Bonchev–Trinajstić information content (AvgIpc) is 2.62. The molecule has 76 valence electrons. The molecule has 15 heavy (non-hydrogen) atoms. The molecule has 0 spiro atoms. The largest absolute Gasteiger partial charge is 0.402 e. The third-order valence-electron chi connectivity index (χ3n) is 1.94. The Morgan fingerprint density at radius 3 is 2.53 bits per heavy atom. The SMILES string of the molecule is C/C(Br)=C1/N=C(c2ccccc2)OC1=O. The number of esters is 1. The quantitative estimate of drug-likeness (QED) is 0.579. The van der Waals surface area contributed by atoms with Crippen LogP contribution < -0.4 is 0 Å². The lowest BCUT2D eigenvalue weighted by molar-refractivity contribution is -0.130. The van der Waals surface area contributed by atoms with E-state index in [4.69, 9.17) is 4.74 Å². The lowest BCUT2D eigenvalue weighted by atomic mass is 10.2. The zero-order valence-corrected chi connectivity index (χ0v) is 9.61. The first-order valence-electron chi connectivity index (χ1n) is 4.41. The second-order valence-corrected chi connectivity index (χ2v) is 4.24. The highest BCUT2D eigenvalue weighted by molar-refractivity contribution is 9.11. The van der Waals surface area contributed by atoms with E-state index in [1.807, 2.05) is 30.3 Å². The van der Waals surface area contributed by atoms with Crippen molar-refractivity contribution in [3.63, 3.8) is 0 Å². The molecule has 0 bridgehead atoms. The fourth-order valence-electron chi connectivity index (χ4n) is 1.23. The minimum atomic E-state index is -0.414. The van der Waals surface area contributed by atoms with E-state index >= 15 is 0 Å². The molecule has 0 radical (unpaired) electrons. The van der Waals surface area contributed by atoms with Crippen LogP contribution in [-0.4, -0.2) is 11.9 Å². The molecule has 0 aromatic heterocycles. The van der Waals surface area contributed by atoms with Crippen LogP contribution >= 0.6 is 15.9 Å². The molecule has 0 unspecified atom stereocenters. The first kappa shape index (κ1) is 10.1. The Hall–Kier alpha value is -1.42. The number of allylic oxidation sites excluding steroid dienone is 1. The number of aliphatic imine (C=N–C) groups is 1. The van der Waals surface area contributed by atoms with Gasteiger partial charge in [0.1, 0.15) is 0 Å². The molecule has 1 aliphatic heterocycles. The van der Waals surface area contributed by atoms with Crippen molar-refractivity contribution in [2.75, 3.05) is 0 Å². The molecule has 1 aromatic carbocycles. The van der Waals surface area contributed by atoms with E-state index in [0.717, 1.165) is 5.56 Å². The maximum absolute atomic E-state index is 11.4. The van der Waals surface area contributed by atoms with E-state index in [2.05, 4.69) is 20.9 Å². The molecule has 1 heterocycles. The van der Waals surface area contributed by atoms with E-state index in [9.17, 15) is 4.79 Å². The summed E-state index contributed by atoms with van der Waals surface area (Å²) < 4.78 is 5.72. The van der Waals surface area contributed by atoms with Gasteiger partial charge in [0, 0.05) is 10.0 Å². The highest BCUT2D eigenvalue weighted by Crippen LogP contribution is 2.21. The molecular formula is C11H8BrNO2. The van der Waals surface area contributed by atoms with Crippen LogP contribution in [0.4, 0.5) is 0 Å². The molecule has 2 rings (SSSR count). The fraction of sp³-hybridized carbons (Fsp3) is 0.0909. The molecule has 4 heteroatoms. The maximum Gasteiger partial charge on any atom is 0.364 e. The van der Waals surface area contributed by atoms with Crippen molar-refractivity contribution in [1.82, 2.24) is 0 Å². The third kappa shape index (κ3) is 1.99. The van der Waals surface area contributed by atoms with Gasteiger partial charge in [-0.05, 0) is 19.1 Å². The van der Waals surface area contributed by atoms with Crippen LogP contribution in [0.5, 0.6) is 0 Å². The molecule has 1 aliphatic rings. The summed E-state index contributed by atoms with van der Waals surface area (Å²) in [5.41, 5.74) is 1.13. The van der Waals surface area contributed by atoms with Crippen molar-refractivity contribution in [2.45, 2.75) is 6.92 Å². The Morgan fingerprint density at radius 2 is 2.00 bits per heavy atom. The summed E-state index contributed by atoms with van der Waals surface area (Å²) in [4.78, 5) is 15.5. The maximum atomic E-state index is 11.4. The summed E-state index contributed by atoms with van der Waals surface area (Å²) in [6.45, 7) is 1.76. The van der Waals surface area contributed by atoms with Gasteiger partial charge in [0.15, 0.2) is 5.70 Å². The highest BCUT2D eigenvalue weighted by atomic mass is 79.9. The number of cyclic esters (lactones) is 1. The molecule has 0 fully saturated rings. The number of hydrogen-bond acceptors (Lipinski definition) is 3. The second-order valence-electron chi connectivity index (χ2n) is 3.05. The number of benzene rings is 1. The van der Waals surface area contributed by atoms with Crippen LogP contribution in [0.1, 0.15) is 12.5 Å². The molecular weight excluding hydrogens is 258 g/mol. The third-order valence-corrected chi connectivity index (χ3v) is 2.32. The van der Waals surface area contributed by atoms with E-state index in [0.29, 0.717) is 16.1 Å². The van der Waals surface area contributed by atoms with E-state index in [1.54, 1.807) is 6.92 Å². The molecule has 0 saturated heterocycles. The van der Waals surface area contributed by atoms with Crippen molar-refractivity contribution in [1.29, 1.82) is 0 Å². The first-order chi connectivity index (χ1) is 7.18. The van der Waals surface area contributed by atoms with Crippen LogP contribution in [0.3, 0.4) is 0 Å². The van der Waals surface area contributed by atoms with Gasteiger partial charge in [-0.1, -0.05) is 34.1 Å². The lowest BCUT2D eigenvalue weighted by Crippen LogP contribution is -2.05. The zero-order chi connectivity index (χ0) is 10.8. The second kappa shape index (κ2) is 3.98. The van der Waals surface area contributed by atoms with E-state index < -0.39 is 5.97 Å². The summed E-state index contributed by atoms with van der Waals surface area (Å²) in [7, 11) is 0. The molecule has 1 aromatic rings. The molecule has 0 aliphatic carbocycles. The predicted molar refractivity (Wildman–Crippen MR) is 60.7 cm³/mol. The van der Waals surface area contributed by atoms with Gasteiger partial charge in [0.2, 0.25) is 5.90 Å². The Kier molecular flexibility index (Phi) is 2.68. The van der Waals surface area contributed by atoms with Crippen LogP contribution in [0.25, 0.3) is 0 Å². The number of carbonyl (C=O) groups excluding carboxylic acids is 1. The number of nitrogens with zero attached hydrogens (tertiary/aromatic N) is 1. The van der Waals surface area contributed by atoms with Crippen molar-refractivity contribution < 1.29 is 9.53 Å². The minimum Gasteiger partial charge on any atom is -0.402 e. The summed E-state index contributed by atoms with van der Waals surface area (Å²) in [6, 6.07) is 9.33. The predicted octanol–water partition coefficient (Wildman–Crippen LogP) is 2.62. The van der Waals surface area contributed by atoms with Gasteiger partial charge in [-0.25, -0.2) is 9.79 Å². The van der Waals surface area contributed by atoms with Crippen molar-refractivity contribution in [3.05, 3.63) is 46.1 Å². The Bertz CT molecular complexity index is 459. The van der Waals surface area contributed by atoms with Gasteiger partial charge in [0.05, 0.1) is 0 Å². The van der Waals surface area contributed by atoms with Gasteiger partial charge in [-0.15, -0.1) is 0 Å². The number of ether oxygens (including phenoxy) is 1. The monoisotopic (exact) mass is 265 g/mol. The summed E-state index contributed by atoms with van der Waals surface area (Å²) in [5, 5.41) is 0. The van der Waals surface area contributed by atoms with Gasteiger partial charge >= 0.3 is 5.97 Å². The Labute approximate surface area is 95.6 Å². The topological polar surface area (TPSA) is 38.7 Å². The molecule has 0 saturated carbocycles. The first-order valence-corrected chi connectivity index (χ1v) is 5.20. The molecule has 0 N–H and O–H groups in total. The van der Waals surface area contributed by atoms with Gasteiger partial charge in [0.25, 0.3) is 0 Å². The van der Waals surface area contributed by atoms with Gasteiger partial charge in [-0.3, -0.25) is 0 Å². The number of carbonyl (C=O) groups is 1. The summed E-state index contributed by atoms with van der Waals surface area (Å²) in [6.07, 6.45) is 0. The summed E-state index contributed by atoms with van der Waals surface area (Å²) >= 11 is 3.21. The zero-order valence-electron chi connectivity index (χ0n) is 8.03. The van der Waals surface area contributed by atoms with Crippen LogP contribution in [0.2, 0.25) is 0 Å². The average molecular weight is 266 g/mol. The van der Waals surface area contributed by atoms with E-state index in [1.165, 1.54) is 0 Å². The van der Waals surface area contributed by atoms with Gasteiger partial charge < -0.3 is 4.74 Å². The summed E-state index contributed by atoms with van der Waals surface area (Å²) in [5.74, 6) is -0.0578. The fourth-order valence-corrected chi connectivity index (χ4v) is 1.48. The molecule has 3 nitrogen and oxygen atoms in total. The number of halogens is 1. The lowest BCUT2D eigenvalue weighted by Gasteiger charge is -1.97. The minimum absolute atomic E-state index is 0.328. The van der Waals surface area contributed by atoms with Crippen LogP contribution in [0, 0.1) is 0 Å². The number of hydrogen-bond donors (Lipinski definition) is 0. The normalized spacial score (nSPS) is 18.5. The molecule has 0 atom stereocenters. The number of rotatable bonds is 1. The highest BCUT2D eigenvalue weighted by Gasteiger charge is 2.25. The van der Waals surface area contributed by atoms with Crippen molar-refractivity contribution in [3.8, 4) is 0 Å². The Morgan fingerprint density at radius 1 is 1.33 bits per heavy atom. The van der Waals surface area contributed by atoms with Crippen molar-refractivity contribution in [2.24, 2.45) is 4.99 Å². The standard InChI is InChI=1S/C11H8BrNO2/c1-7(12)9-11(14)15-10(13-9)8-5-3-2-4-6-8/h2-6H,1H3/b9-7-. The van der Waals surface area contributed by atoms with Crippen LogP contribution in [0.15, 0.2) is 45.5 Å². The molecule has 0 amide bonds. The van der Waals surface area contributed by atoms with E-state index in [-0.39, 0.29) is 0 Å². The van der Waals surface area contributed by atoms with Crippen LogP contribution in [-0.2, 0) is 9.53 Å². The van der Waals surface area contributed by atoms with Crippen molar-refractivity contribution >= 4 is 27.8 Å². The van der Waals surface area contributed by atoms with Gasteiger partial charge in [-0.2, -0.15) is 0 Å². The Balaban J connectivity index is 2.40.